The highest BCUT2D eigenvalue weighted by atomic mass is 19.1. The van der Waals surface area contributed by atoms with Gasteiger partial charge in [0.2, 0.25) is 0 Å². The molecule has 26 heavy (non-hydrogen) atoms. The maximum Gasteiger partial charge on any atom is 0.253 e. The molecule has 0 aliphatic carbocycles. The fourth-order valence-corrected chi connectivity index (χ4v) is 3.44. The molecule has 0 atom stereocenters. The smallest absolute Gasteiger partial charge is 0.253 e. The number of aromatic amines is 1. The lowest BCUT2D eigenvalue weighted by Crippen LogP contribution is -2.21. The normalized spacial score (nSPS) is 15.5. The van der Waals surface area contributed by atoms with Gasteiger partial charge in [0.05, 0.1) is 29.1 Å². The minimum atomic E-state index is -0.366. The molecule has 1 saturated heterocycles. The molecule has 0 bridgehead atoms. The van der Waals surface area contributed by atoms with Crippen molar-refractivity contribution in [3.05, 3.63) is 57.9 Å². The van der Waals surface area contributed by atoms with E-state index in [4.69, 9.17) is 4.74 Å². The van der Waals surface area contributed by atoms with Gasteiger partial charge in [0.15, 0.2) is 0 Å². The summed E-state index contributed by atoms with van der Waals surface area (Å²) in [6, 6.07) is 6.53. The van der Waals surface area contributed by atoms with Gasteiger partial charge in [-0.15, -0.1) is 0 Å². The number of ether oxygens (including phenoxy) is 1. The summed E-state index contributed by atoms with van der Waals surface area (Å²) in [4.78, 5) is 15.0. The average molecular weight is 356 g/mol. The first-order chi connectivity index (χ1) is 12.6. The van der Waals surface area contributed by atoms with Crippen LogP contribution >= 0.6 is 0 Å². The van der Waals surface area contributed by atoms with E-state index in [2.05, 4.69) is 15.4 Å². The Bertz CT molecular complexity index is 989. The average Bonchev–Trinajstić information content (AvgIpc) is 3.01. The summed E-state index contributed by atoms with van der Waals surface area (Å²) in [5.41, 5.74) is 2.85. The molecule has 7 heteroatoms. The Balaban J connectivity index is 1.53. The fourth-order valence-electron chi connectivity index (χ4n) is 3.44. The number of pyridine rings is 1. The predicted molar refractivity (Wildman–Crippen MR) is 97.9 cm³/mol. The highest BCUT2D eigenvalue weighted by molar-refractivity contribution is 5.78. The van der Waals surface area contributed by atoms with Crippen molar-refractivity contribution in [3.8, 4) is 0 Å². The molecular formula is C19H21FN4O2. The molecule has 0 amide bonds. The van der Waals surface area contributed by atoms with E-state index in [9.17, 15) is 9.18 Å². The number of anilines is 1. The van der Waals surface area contributed by atoms with Crippen LogP contribution in [-0.4, -0.2) is 28.0 Å². The van der Waals surface area contributed by atoms with Crippen LogP contribution in [0.15, 0.2) is 35.3 Å². The molecule has 1 aliphatic rings. The highest BCUT2D eigenvalue weighted by Gasteiger charge is 2.19. The summed E-state index contributed by atoms with van der Waals surface area (Å²) in [5, 5.41) is 8.60. The molecule has 0 spiro atoms. The number of hydrogen-bond donors (Lipinski definition) is 2. The Labute approximate surface area is 150 Å². The SMILES string of the molecule is Cc1c(NCc2cc3ccc(F)cc3[nH]c2=O)cnn1C1CCOCC1. The van der Waals surface area contributed by atoms with Gasteiger partial charge in [0.25, 0.3) is 5.56 Å². The number of H-pyrrole nitrogens is 1. The highest BCUT2D eigenvalue weighted by Crippen LogP contribution is 2.25. The summed E-state index contributed by atoms with van der Waals surface area (Å²) in [6.45, 7) is 3.93. The van der Waals surface area contributed by atoms with Gasteiger partial charge in [0, 0.05) is 25.3 Å². The van der Waals surface area contributed by atoms with Crippen molar-refractivity contribution in [1.82, 2.24) is 14.8 Å². The number of fused-ring (bicyclic) bond motifs is 1. The Kier molecular flexibility index (Phi) is 4.46. The Morgan fingerprint density at radius 3 is 2.96 bits per heavy atom. The summed E-state index contributed by atoms with van der Waals surface area (Å²) in [7, 11) is 0. The van der Waals surface area contributed by atoms with Crippen LogP contribution in [0.4, 0.5) is 10.1 Å². The van der Waals surface area contributed by atoms with E-state index in [1.54, 1.807) is 18.3 Å². The van der Waals surface area contributed by atoms with Crippen LogP contribution in [0.3, 0.4) is 0 Å². The largest absolute Gasteiger partial charge is 0.381 e. The first kappa shape index (κ1) is 16.8. The van der Waals surface area contributed by atoms with Crippen LogP contribution in [0.1, 0.15) is 30.1 Å². The van der Waals surface area contributed by atoms with Crippen LogP contribution in [0.5, 0.6) is 0 Å². The van der Waals surface area contributed by atoms with Gasteiger partial charge < -0.3 is 15.0 Å². The third-order valence-electron chi connectivity index (χ3n) is 4.94. The van der Waals surface area contributed by atoms with Gasteiger partial charge in [-0.3, -0.25) is 9.48 Å². The second kappa shape index (κ2) is 6.92. The van der Waals surface area contributed by atoms with Crippen LogP contribution in [0.2, 0.25) is 0 Å². The zero-order valence-electron chi connectivity index (χ0n) is 14.6. The van der Waals surface area contributed by atoms with Crippen molar-refractivity contribution >= 4 is 16.6 Å². The number of benzene rings is 1. The predicted octanol–water partition coefficient (Wildman–Crippen LogP) is 3.14. The molecule has 3 aromatic rings. The topological polar surface area (TPSA) is 71.9 Å². The van der Waals surface area contributed by atoms with Gasteiger partial charge in [-0.25, -0.2) is 4.39 Å². The van der Waals surface area contributed by atoms with Crippen LogP contribution < -0.4 is 10.9 Å². The lowest BCUT2D eigenvalue weighted by molar-refractivity contribution is 0.0657. The van der Waals surface area contributed by atoms with Gasteiger partial charge in [0.1, 0.15) is 5.82 Å². The summed E-state index contributed by atoms with van der Waals surface area (Å²) in [5.74, 6) is -0.366. The molecule has 2 N–H and O–H groups in total. The maximum atomic E-state index is 13.3. The van der Waals surface area contributed by atoms with Crippen molar-refractivity contribution in [3.63, 3.8) is 0 Å². The summed E-state index contributed by atoms with van der Waals surface area (Å²) >= 11 is 0. The molecule has 0 radical (unpaired) electrons. The molecule has 136 valence electrons. The summed E-state index contributed by atoms with van der Waals surface area (Å²) < 4.78 is 20.7. The second-order valence-corrected chi connectivity index (χ2v) is 6.64. The molecule has 6 nitrogen and oxygen atoms in total. The molecule has 2 aromatic heterocycles. The van der Waals surface area contributed by atoms with Crippen molar-refractivity contribution in [2.24, 2.45) is 0 Å². The molecule has 4 rings (SSSR count). The zero-order chi connectivity index (χ0) is 18.1. The minimum Gasteiger partial charge on any atom is -0.381 e. The van der Waals surface area contributed by atoms with Crippen molar-refractivity contribution in [2.75, 3.05) is 18.5 Å². The van der Waals surface area contributed by atoms with Crippen molar-refractivity contribution in [2.45, 2.75) is 32.4 Å². The monoisotopic (exact) mass is 356 g/mol. The van der Waals surface area contributed by atoms with E-state index in [0.717, 1.165) is 42.8 Å². The van der Waals surface area contributed by atoms with Crippen molar-refractivity contribution in [1.29, 1.82) is 0 Å². The Morgan fingerprint density at radius 2 is 2.15 bits per heavy atom. The minimum absolute atomic E-state index is 0.218. The molecule has 3 heterocycles. The third kappa shape index (κ3) is 3.22. The van der Waals surface area contributed by atoms with E-state index in [0.29, 0.717) is 23.7 Å². The number of hydrogen-bond acceptors (Lipinski definition) is 4. The number of aromatic nitrogens is 3. The van der Waals surface area contributed by atoms with Crippen LogP contribution in [0, 0.1) is 12.7 Å². The van der Waals surface area contributed by atoms with Crippen molar-refractivity contribution < 1.29 is 9.13 Å². The number of nitrogens with zero attached hydrogens (tertiary/aromatic N) is 2. The van der Waals surface area contributed by atoms with E-state index in [1.807, 2.05) is 11.6 Å². The molecule has 1 aromatic carbocycles. The molecule has 1 fully saturated rings. The zero-order valence-corrected chi connectivity index (χ0v) is 14.6. The standard InChI is InChI=1S/C19H21FN4O2/c1-12-18(11-22-24(12)16-4-6-26-7-5-16)21-10-14-8-13-2-3-15(20)9-17(13)23-19(14)25/h2-3,8-9,11,16,21H,4-7,10H2,1H3,(H,23,25). The van der Waals surface area contributed by atoms with E-state index in [1.165, 1.54) is 12.1 Å². The van der Waals surface area contributed by atoms with Gasteiger partial charge >= 0.3 is 0 Å². The number of halogens is 1. The number of rotatable bonds is 4. The quantitative estimate of drug-likeness (QED) is 0.753. The Morgan fingerprint density at radius 1 is 1.35 bits per heavy atom. The van der Waals surface area contributed by atoms with Crippen LogP contribution in [-0.2, 0) is 11.3 Å². The molecule has 0 saturated carbocycles. The fraction of sp³-hybridized carbons (Fsp3) is 0.368. The Hall–Kier alpha value is -2.67. The number of nitrogens with one attached hydrogen (secondary N) is 2. The summed E-state index contributed by atoms with van der Waals surface area (Å²) in [6.07, 6.45) is 3.72. The van der Waals surface area contributed by atoms with E-state index >= 15 is 0 Å². The first-order valence-electron chi connectivity index (χ1n) is 8.79. The second-order valence-electron chi connectivity index (χ2n) is 6.64. The van der Waals surface area contributed by atoms with Gasteiger partial charge in [-0.05, 0) is 49.4 Å². The van der Waals surface area contributed by atoms with Crippen LogP contribution in [0.25, 0.3) is 10.9 Å². The van der Waals surface area contributed by atoms with Gasteiger partial charge in [-0.2, -0.15) is 5.10 Å². The van der Waals surface area contributed by atoms with E-state index < -0.39 is 0 Å². The molecule has 1 aliphatic heterocycles. The van der Waals surface area contributed by atoms with E-state index in [-0.39, 0.29) is 11.4 Å². The lowest BCUT2D eigenvalue weighted by Gasteiger charge is -2.23. The lowest BCUT2D eigenvalue weighted by atomic mass is 10.1. The molecular weight excluding hydrogens is 335 g/mol. The van der Waals surface area contributed by atoms with Gasteiger partial charge in [-0.1, -0.05) is 0 Å². The first-order valence-corrected chi connectivity index (χ1v) is 8.79. The third-order valence-corrected chi connectivity index (χ3v) is 4.94. The molecule has 0 unspecified atom stereocenters. The maximum absolute atomic E-state index is 13.3.